The number of hydrogen-bond acceptors (Lipinski definition) is 1. The predicted molar refractivity (Wildman–Crippen MR) is 51.9 cm³/mol. The van der Waals surface area contributed by atoms with E-state index in [1.165, 1.54) is 0 Å². The molecule has 1 aliphatic rings. The molecule has 3 atom stereocenters. The maximum Gasteiger partial charge on any atom is 0.0630 e. The first-order valence-corrected chi connectivity index (χ1v) is 4.73. The molecule has 0 unspecified atom stereocenters. The quantitative estimate of drug-likeness (QED) is 0.597. The van der Waals surface area contributed by atoms with Crippen LogP contribution in [0, 0.1) is 11.3 Å². The van der Waals surface area contributed by atoms with Gasteiger partial charge in [-0.1, -0.05) is 19.9 Å². The van der Waals surface area contributed by atoms with Crippen molar-refractivity contribution >= 4 is 0 Å². The average Bonchev–Trinajstić information content (AvgIpc) is 1.82. The highest BCUT2D eigenvalue weighted by atomic mass is 16.3. The summed E-state index contributed by atoms with van der Waals surface area (Å²) in [6.45, 7) is 10.2. The molecule has 0 radical (unpaired) electrons. The minimum atomic E-state index is -0.486. The Hall–Kier alpha value is -0.300. The highest BCUT2D eigenvalue weighted by molar-refractivity contribution is 5.01. The van der Waals surface area contributed by atoms with Crippen LogP contribution in [0.1, 0.15) is 40.0 Å². The van der Waals surface area contributed by atoms with Gasteiger partial charge in [0, 0.05) is 0 Å². The van der Waals surface area contributed by atoms with Crippen molar-refractivity contribution in [3.63, 3.8) is 0 Å². The highest BCUT2D eigenvalue weighted by Crippen LogP contribution is 2.44. The highest BCUT2D eigenvalue weighted by Gasteiger charge is 2.39. The minimum absolute atomic E-state index is 0.140. The third-order valence-electron chi connectivity index (χ3n) is 2.88. The number of rotatable bonds is 1. The maximum atomic E-state index is 9.96. The largest absolute Gasteiger partial charge is 0.390 e. The van der Waals surface area contributed by atoms with E-state index < -0.39 is 5.60 Å². The molecule has 1 heteroatoms. The Morgan fingerprint density at radius 3 is 2.42 bits per heavy atom. The van der Waals surface area contributed by atoms with Gasteiger partial charge in [-0.3, -0.25) is 0 Å². The van der Waals surface area contributed by atoms with Gasteiger partial charge in [0.2, 0.25) is 0 Å². The van der Waals surface area contributed by atoms with Crippen molar-refractivity contribution in [3.05, 3.63) is 12.7 Å². The molecule has 1 nitrogen and oxygen atoms in total. The molecule has 0 aromatic rings. The third kappa shape index (κ3) is 2.10. The molecule has 0 amide bonds. The van der Waals surface area contributed by atoms with Gasteiger partial charge in [-0.05, 0) is 37.5 Å². The summed E-state index contributed by atoms with van der Waals surface area (Å²) in [5, 5.41) is 9.96. The zero-order valence-corrected chi connectivity index (χ0v) is 8.43. The van der Waals surface area contributed by atoms with E-state index in [-0.39, 0.29) is 5.41 Å². The summed E-state index contributed by atoms with van der Waals surface area (Å²) in [7, 11) is 0. The van der Waals surface area contributed by atoms with Crippen LogP contribution in [0.15, 0.2) is 12.7 Å². The Morgan fingerprint density at radius 1 is 1.42 bits per heavy atom. The first-order valence-electron chi connectivity index (χ1n) is 4.73. The lowest BCUT2D eigenvalue weighted by atomic mass is 9.65. The fourth-order valence-corrected chi connectivity index (χ4v) is 2.79. The van der Waals surface area contributed by atoms with E-state index in [2.05, 4.69) is 20.4 Å². The minimum Gasteiger partial charge on any atom is -0.390 e. The van der Waals surface area contributed by atoms with Gasteiger partial charge < -0.3 is 5.11 Å². The van der Waals surface area contributed by atoms with Crippen LogP contribution in [0.5, 0.6) is 0 Å². The van der Waals surface area contributed by atoms with Crippen LogP contribution in [-0.4, -0.2) is 10.7 Å². The van der Waals surface area contributed by atoms with Crippen LogP contribution in [-0.2, 0) is 0 Å². The van der Waals surface area contributed by atoms with E-state index in [1.807, 2.05) is 13.0 Å². The third-order valence-corrected chi connectivity index (χ3v) is 2.88. The monoisotopic (exact) mass is 168 g/mol. The second-order valence-electron chi connectivity index (χ2n) is 5.05. The Labute approximate surface area is 75.5 Å². The second-order valence-corrected chi connectivity index (χ2v) is 5.05. The zero-order valence-electron chi connectivity index (χ0n) is 8.43. The van der Waals surface area contributed by atoms with E-state index in [0.717, 1.165) is 19.3 Å². The molecule has 1 fully saturated rings. The molecular weight excluding hydrogens is 148 g/mol. The Balaban J connectivity index is 2.76. The summed E-state index contributed by atoms with van der Waals surface area (Å²) in [5.41, 5.74) is -0.345. The van der Waals surface area contributed by atoms with Gasteiger partial charge in [0.25, 0.3) is 0 Å². The lowest BCUT2D eigenvalue weighted by Crippen LogP contribution is -2.39. The lowest BCUT2D eigenvalue weighted by Gasteiger charge is -2.43. The van der Waals surface area contributed by atoms with Crippen molar-refractivity contribution in [1.29, 1.82) is 0 Å². The maximum absolute atomic E-state index is 9.96. The summed E-state index contributed by atoms with van der Waals surface area (Å²) < 4.78 is 0. The van der Waals surface area contributed by atoms with Gasteiger partial charge in [-0.2, -0.15) is 0 Å². The second kappa shape index (κ2) is 2.88. The SMILES string of the molecule is C=C[C@]1(C)C[C@@H](C)C[C@@](C)(O)C1. The summed E-state index contributed by atoms with van der Waals surface area (Å²) in [6, 6.07) is 0. The first kappa shape index (κ1) is 9.79. The van der Waals surface area contributed by atoms with Gasteiger partial charge >= 0.3 is 0 Å². The number of aliphatic hydroxyl groups is 1. The molecule has 0 saturated heterocycles. The van der Waals surface area contributed by atoms with Gasteiger partial charge in [0.05, 0.1) is 5.60 Å². The summed E-state index contributed by atoms with van der Waals surface area (Å²) in [4.78, 5) is 0. The fourth-order valence-electron chi connectivity index (χ4n) is 2.79. The van der Waals surface area contributed by atoms with Gasteiger partial charge in [-0.15, -0.1) is 6.58 Å². The van der Waals surface area contributed by atoms with Crippen LogP contribution >= 0.6 is 0 Å². The molecule has 70 valence electrons. The normalized spacial score (nSPS) is 48.8. The molecule has 1 saturated carbocycles. The molecule has 1 N–H and O–H groups in total. The number of hydrogen-bond donors (Lipinski definition) is 1. The van der Waals surface area contributed by atoms with E-state index in [1.54, 1.807) is 0 Å². The van der Waals surface area contributed by atoms with E-state index >= 15 is 0 Å². The number of allylic oxidation sites excluding steroid dienone is 1. The zero-order chi connectivity index (χ0) is 9.41. The van der Waals surface area contributed by atoms with Crippen LogP contribution in [0.2, 0.25) is 0 Å². The summed E-state index contributed by atoms with van der Waals surface area (Å²) >= 11 is 0. The van der Waals surface area contributed by atoms with Crippen molar-refractivity contribution in [2.75, 3.05) is 0 Å². The van der Waals surface area contributed by atoms with E-state index in [9.17, 15) is 5.11 Å². The molecular formula is C11H20O. The van der Waals surface area contributed by atoms with Gasteiger partial charge in [0.15, 0.2) is 0 Å². The summed E-state index contributed by atoms with van der Waals surface area (Å²) in [6.07, 6.45) is 4.94. The Morgan fingerprint density at radius 2 is 2.00 bits per heavy atom. The Kier molecular flexibility index (Phi) is 2.35. The van der Waals surface area contributed by atoms with Gasteiger partial charge in [-0.25, -0.2) is 0 Å². The molecule has 1 aliphatic carbocycles. The average molecular weight is 168 g/mol. The van der Waals surface area contributed by atoms with E-state index in [0.29, 0.717) is 5.92 Å². The molecule has 0 aromatic heterocycles. The van der Waals surface area contributed by atoms with Crippen molar-refractivity contribution < 1.29 is 5.11 Å². The van der Waals surface area contributed by atoms with Crippen molar-refractivity contribution in [2.45, 2.75) is 45.6 Å². The van der Waals surface area contributed by atoms with Crippen LogP contribution in [0.4, 0.5) is 0 Å². The summed E-state index contributed by atoms with van der Waals surface area (Å²) in [5.74, 6) is 0.608. The van der Waals surface area contributed by atoms with Crippen molar-refractivity contribution in [2.24, 2.45) is 11.3 Å². The first-order chi connectivity index (χ1) is 5.37. The van der Waals surface area contributed by atoms with Crippen LogP contribution < -0.4 is 0 Å². The van der Waals surface area contributed by atoms with Gasteiger partial charge in [0.1, 0.15) is 0 Å². The fraction of sp³-hybridized carbons (Fsp3) is 0.818. The van der Waals surface area contributed by atoms with Crippen molar-refractivity contribution in [1.82, 2.24) is 0 Å². The van der Waals surface area contributed by atoms with Crippen LogP contribution in [0.3, 0.4) is 0 Å². The standard InChI is InChI=1S/C11H20O/c1-5-10(3)6-9(2)7-11(4,12)8-10/h5,9,12H,1,6-8H2,2-4H3/t9-,10-,11-/m1/s1. The molecule has 0 bridgehead atoms. The van der Waals surface area contributed by atoms with Crippen molar-refractivity contribution in [3.8, 4) is 0 Å². The molecule has 0 spiro atoms. The molecule has 0 heterocycles. The topological polar surface area (TPSA) is 20.2 Å². The predicted octanol–water partition coefficient (Wildman–Crippen LogP) is 2.75. The molecule has 1 rings (SSSR count). The van der Waals surface area contributed by atoms with E-state index in [4.69, 9.17) is 0 Å². The molecule has 0 aromatic carbocycles. The lowest BCUT2D eigenvalue weighted by molar-refractivity contribution is -0.0345. The Bertz CT molecular complexity index is 183. The molecule has 0 aliphatic heterocycles. The van der Waals surface area contributed by atoms with Crippen LogP contribution in [0.25, 0.3) is 0 Å². The smallest absolute Gasteiger partial charge is 0.0630 e. The molecule has 12 heavy (non-hydrogen) atoms.